The topological polar surface area (TPSA) is 12.9 Å². The highest BCUT2D eigenvalue weighted by Crippen LogP contribution is 2.36. The predicted octanol–water partition coefficient (Wildman–Crippen LogP) is 4.10. The van der Waals surface area contributed by atoms with Crippen molar-refractivity contribution in [2.75, 3.05) is 0 Å². The van der Waals surface area contributed by atoms with Gasteiger partial charge in [-0.15, -0.1) is 11.3 Å². The highest BCUT2D eigenvalue weighted by atomic mass is 35.5. The minimum Gasteiger partial charge on any atom is -0.245 e. The molecule has 1 aromatic carbocycles. The second-order valence-corrected chi connectivity index (χ2v) is 4.51. The largest absolute Gasteiger partial charge is 0.245 e. The van der Waals surface area contributed by atoms with E-state index < -0.39 is 0 Å². The monoisotopic (exact) mass is 219 g/mol. The molecule has 3 heteroatoms. The second-order valence-electron chi connectivity index (χ2n) is 3.07. The zero-order chi connectivity index (χ0) is 9.54. The van der Waals surface area contributed by atoms with E-state index in [9.17, 15) is 0 Å². The molecule has 0 spiro atoms. The summed E-state index contributed by atoms with van der Waals surface area (Å²) in [5.41, 5.74) is 0. The predicted molar refractivity (Wildman–Crippen MR) is 62.1 cm³/mol. The quantitative estimate of drug-likeness (QED) is 0.555. The van der Waals surface area contributed by atoms with Crippen molar-refractivity contribution in [3.63, 3.8) is 0 Å². The third-order valence-corrected chi connectivity index (χ3v) is 3.62. The van der Waals surface area contributed by atoms with Crippen LogP contribution in [-0.2, 0) is 0 Å². The van der Waals surface area contributed by atoms with Gasteiger partial charge in [0, 0.05) is 26.7 Å². The molecule has 0 saturated heterocycles. The lowest BCUT2D eigenvalue weighted by molar-refractivity contribution is 1.45. The van der Waals surface area contributed by atoms with E-state index in [1.807, 2.05) is 24.4 Å². The van der Waals surface area contributed by atoms with E-state index in [2.05, 4.69) is 17.1 Å². The van der Waals surface area contributed by atoms with E-state index in [1.165, 1.54) is 4.70 Å². The maximum absolute atomic E-state index is 6.16. The van der Waals surface area contributed by atoms with Crippen LogP contribution >= 0.6 is 22.9 Å². The Hall–Kier alpha value is -1.12. The molecule has 0 atom stereocenters. The first-order chi connectivity index (χ1) is 6.86. The van der Waals surface area contributed by atoms with Gasteiger partial charge in [-0.25, -0.2) is 4.98 Å². The van der Waals surface area contributed by atoms with E-state index >= 15 is 0 Å². The Kier molecular flexibility index (Phi) is 1.72. The van der Waals surface area contributed by atoms with Crippen molar-refractivity contribution in [3.05, 3.63) is 41.6 Å². The van der Waals surface area contributed by atoms with E-state index in [4.69, 9.17) is 11.6 Å². The number of halogens is 1. The summed E-state index contributed by atoms with van der Waals surface area (Å²) in [5.74, 6) is 0. The smallest absolute Gasteiger partial charge is 0.124 e. The van der Waals surface area contributed by atoms with Crippen LogP contribution < -0.4 is 0 Å². The fraction of sp³-hybridized carbons (Fsp3) is 0. The average molecular weight is 220 g/mol. The molecular formula is C11H6ClNS. The lowest BCUT2D eigenvalue weighted by Gasteiger charge is -1.92. The molecular weight excluding hydrogens is 214 g/mol. The Morgan fingerprint density at radius 2 is 2.07 bits per heavy atom. The first kappa shape index (κ1) is 8.21. The minimum absolute atomic E-state index is 0.807. The minimum atomic E-state index is 0.807. The molecule has 2 aromatic heterocycles. The zero-order valence-electron chi connectivity index (χ0n) is 7.20. The van der Waals surface area contributed by atoms with Crippen molar-refractivity contribution in [3.8, 4) is 0 Å². The molecule has 0 aliphatic carbocycles. The summed E-state index contributed by atoms with van der Waals surface area (Å²) in [6, 6.07) is 9.97. The van der Waals surface area contributed by atoms with Gasteiger partial charge in [0.1, 0.15) is 4.83 Å². The summed E-state index contributed by atoms with van der Waals surface area (Å²) in [5, 5.41) is 3.09. The van der Waals surface area contributed by atoms with Crippen molar-refractivity contribution in [1.82, 2.24) is 4.98 Å². The Balaban J connectivity index is 2.65. The van der Waals surface area contributed by atoms with E-state index in [-0.39, 0.29) is 0 Å². The van der Waals surface area contributed by atoms with E-state index in [0.29, 0.717) is 0 Å². The number of benzene rings is 1. The number of hydrogen-bond acceptors (Lipinski definition) is 2. The molecule has 0 N–H and O–H groups in total. The Morgan fingerprint density at radius 3 is 3.00 bits per heavy atom. The van der Waals surface area contributed by atoms with Gasteiger partial charge in [0.05, 0.1) is 0 Å². The van der Waals surface area contributed by atoms with Gasteiger partial charge in [0.2, 0.25) is 0 Å². The molecule has 14 heavy (non-hydrogen) atoms. The Bertz CT molecular complexity index is 615. The van der Waals surface area contributed by atoms with Crippen LogP contribution in [-0.4, -0.2) is 4.98 Å². The maximum atomic E-state index is 6.16. The maximum Gasteiger partial charge on any atom is 0.124 e. The Labute approximate surface area is 90.0 Å². The summed E-state index contributed by atoms with van der Waals surface area (Å²) in [4.78, 5) is 5.37. The van der Waals surface area contributed by atoms with Gasteiger partial charge in [0.15, 0.2) is 0 Å². The van der Waals surface area contributed by atoms with Gasteiger partial charge in [-0.3, -0.25) is 0 Å². The molecule has 3 aromatic rings. The van der Waals surface area contributed by atoms with Crippen LogP contribution in [0.3, 0.4) is 0 Å². The zero-order valence-corrected chi connectivity index (χ0v) is 8.77. The summed E-state index contributed by atoms with van der Waals surface area (Å²) in [6.45, 7) is 0. The number of fused-ring (bicyclic) bond motifs is 3. The van der Waals surface area contributed by atoms with Crippen molar-refractivity contribution in [2.45, 2.75) is 0 Å². The molecule has 0 bridgehead atoms. The number of nitrogens with zero attached hydrogens (tertiary/aromatic N) is 1. The molecule has 0 amide bonds. The standard InChI is InChI=1S/C11H6ClNS/c12-8-4-1-5-9-10(8)7-3-2-6-13-11(7)14-9/h1-6H. The van der Waals surface area contributed by atoms with Gasteiger partial charge < -0.3 is 0 Å². The highest BCUT2D eigenvalue weighted by Gasteiger charge is 2.07. The van der Waals surface area contributed by atoms with Crippen molar-refractivity contribution >= 4 is 43.2 Å². The van der Waals surface area contributed by atoms with E-state index in [1.54, 1.807) is 11.3 Å². The fourth-order valence-corrected chi connectivity index (χ4v) is 3.02. The normalized spacial score (nSPS) is 11.2. The van der Waals surface area contributed by atoms with Crippen LogP contribution in [0.2, 0.25) is 5.02 Å². The van der Waals surface area contributed by atoms with Crippen molar-refractivity contribution in [2.24, 2.45) is 0 Å². The second kappa shape index (κ2) is 2.94. The van der Waals surface area contributed by atoms with Crippen molar-refractivity contribution in [1.29, 1.82) is 0 Å². The Morgan fingerprint density at radius 1 is 1.14 bits per heavy atom. The molecule has 0 unspecified atom stereocenters. The van der Waals surface area contributed by atoms with Gasteiger partial charge in [-0.1, -0.05) is 17.7 Å². The summed E-state index contributed by atoms with van der Waals surface area (Å²) < 4.78 is 1.20. The first-order valence-electron chi connectivity index (χ1n) is 4.28. The first-order valence-corrected chi connectivity index (χ1v) is 5.47. The lowest BCUT2D eigenvalue weighted by atomic mass is 10.2. The molecule has 0 radical (unpaired) electrons. The molecule has 0 fully saturated rings. The van der Waals surface area contributed by atoms with Gasteiger partial charge >= 0.3 is 0 Å². The SMILES string of the molecule is Clc1cccc2sc3ncccc3c12. The number of thiophene rings is 1. The van der Waals surface area contributed by atoms with Gasteiger partial charge in [-0.05, 0) is 24.3 Å². The van der Waals surface area contributed by atoms with Crippen molar-refractivity contribution < 1.29 is 0 Å². The van der Waals surface area contributed by atoms with Crippen LogP contribution in [0.5, 0.6) is 0 Å². The third kappa shape index (κ3) is 1.04. The fourth-order valence-electron chi connectivity index (χ4n) is 1.62. The molecule has 0 aliphatic heterocycles. The molecule has 0 saturated carbocycles. The third-order valence-electron chi connectivity index (χ3n) is 2.22. The van der Waals surface area contributed by atoms with Crippen LogP contribution in [0.25, 0.3) is 20.3 Å². The van der Waals surface area contributed by atoms with Crippen LogP contribution in [0.4, 0.5) is 0 Å². The van der Waals surface area contributed by atoms with Crippen LogP contribution in [0.1, 0.15) is 0 Å². The molecule has 0 aliphatic rings. The van der Waals surface area contributed by atoms with Gasteiger partial charge in [-0.2, -0.15) is 0 Å². The summed E-state index contributed by atoms with van der Waals surface area (Å²) in [6.07, 6.45) is 1.81. The molecule has 3 rings (SSSR count). The van der Waals surface area contributed by atoms with E-state index in [0.717, 1.165) is 20.6 Å². The van der Waals surface area contributed by atoms with Crippen LogP contribution in [0.15, 0.2) is 36.5 Å². The summed E-state index contributed by atoms with van der Waals surface area (Å²) >= 11 is 7.84. The molecule has 1 nitrogen and oxygen atoms in total. The number of hydrogen-bond donors (Lipinski definition) is 0. The lowest BCUT2D eigenvalue weighted by Crippen LogP contribution is -1.70. The highest BCUT2D eigenvalue weighted by molar-refractivity contribution is 7.25. The number of aromatic nitrogens is 1. The number of pyridine rings is 1. The summed E-state index contributed by atoms with van der Waals surface area (Å²) in [7, 11) is 0. The van der Waals surface area contributed by atoms with Gasteiger partial charge in [0.25, 0.3) is 0 Å². The molecule has 2 heterocycles. The van der Waals surface area contributed by atoms with Crippen LogP contribution in [0, 0.1) is 0 Å². The molecule has 68 valence electrons. The average Bonchev–Trinajstić information content (AvgIpc) is 2.57. The number of rotatable bonds is 0.